The van der Waals surface area contributed by atoms with Gasteiger partial charge in [-0.2, -0.15) is 0 Å². The zero-order valence-corrected chi connectivity index (χ0v) is 11.2. The summed E-state index contributed by atoms with van der Waals surface area (Å²) in [5.74, 6) is -0.946. The van der Waals surface area contributed by atoms with Crippen LogP contribution in [0.3, 0.4) is 0 Å². The minimum absolute atomic E-state index is 0.125. The van der Waals surface area contributed by atoms with Crippen molar-refractivity contribution in [3.05, 3.63) is 0 Å². The third kappa shape index (κ3) is 7.86. The van der Waals surface area contributed by atoms with Gasteiger partial charge in [0.25, 0.3) is 0 Å². The Morgan fingerprint density at radius 3 is 2.61 bits per heavy atom. The molecule has 0 bridgehead atoms. The quantitative estimate of drug-likeness (QED) is 0.497. The largest absolute Gasteiger partial charge is 0.481 e. The van der Waals surface area contributed by atoms with E-state index in [0.29, 0.717) is 6.54 Å². The minimum atomic E-state index is -0.946. The van der Waals surface area contributed by atoms with Gasteiger partial charge in [-0.3, -0.25) is 4.79 Å². The van der Waals surface area contributed by atoms with E-state index in [1.165, 1.54) is 7.11 Å². The van der Waals surface area contributed by atoms with Crippen LogP contribution in [0, 0.1) is 0 Å². The van der Waals surface area contributed by atoms with E-state index in [4.69, 9.17) is 9.84 Å². The number of rotatable bonds is 9. The van der Waals surface area contributed by atoms with Crippen molar-refractivity contribution in [3.63, 3.8) is 0 Å². The summed E-state index contributed by atoms with van der Waals surface area (Å²) in [7, 11) is 4.98. The molecule has 0 fully saturated rings. The lowest BCUT2D eigenvalue weighted by atomic mass is 10.2. The summed E-state index contributed by atoms with van der Waals surface area (Å²) in [6.45, 7) is 1.68. The number of carboxylic acids is 1. The average Bonchev–Trinajstić information content (AvgIpc) is 2.33. The summed E-state index contributed by atoms with van der Waals surface area (Å²) in [6.07, 6.45) is 0.237. The number of hydrogen-bond acceptors (Lipinski definition) is 4. The molecule has 0 saturated carbocycles. The Kier molecular flexibility index (Phi) is 8.95. The lowest BCUT2D eigenvalue weighted by molar-refractivity contribution is -0.139. The fourth-order valence-electron chi connectivity index (χ4n) is 1.36. The number of amides is 2. The lowest BCUT2D eigenvalue weighted by Gasteiger charge is -2.20. The topological polar surface area (TPSA) is 90.9 Å². The maximum Gasteiger partial charge on any atom is 0.317 e. The predicted molar refractivity (Wildman–Crippen MR) is 67.6 cm³/mol. The molecular weight excluding hydrogens is 238 g/mol. The molecule has 0 saturated heterocycles. The monoisotopic (exact) mass is 261 g/mol. The van der Waals surface area contributed by atoms with Crippen molar-refractivity contribution in [2.45, 2.75) is 18.9 Å². The zero-order valence-electron chi connectivity index (χ0n) is 11.2. The number of aliphatic carboxylic acids is 1. The van der Waals surface area contributed by atoms with Crippen LogP contribution in [0.25, 0.3) is 0 Å². The van der Waals surface area contributed by atoms with Gasteiger partial charge in [0.1, 0.15) is 0 Å². The van der Waals surface area contributed by atoms with Crippen LogP contribution in [0.5, 0.6) is 0 Å². The minimum Gasteiger partial charge on any atom is -0.481 e. The van der Waals surface area contributed by atoms with E-state index in [-0.39, 0.29) is 19.0 Å². The second kappa shape index (κ2) is 9.67. The third-order valence-electron chi connectivity index (χ3n) is 2.48. The molecule has 0 aliphatic rings. The fraction of sp³-hybridized carbons (Fsp3) is 0.818. The van der Waals surface area contributed by atoms with Crippen molar-refractivity contribution in [1.82, 2.24) is 15.5 Å². The van der Waals surface area contributed by atoms with E-state index in [9.17, 15) is 9.59 Å². The van der Waals surface area contributed by atoms with Gasteiger partial charge in [0, 0.05) is 27.2 Å². The summed E-state index contributed by atoms with van der Waals surface area (Å²) in [5, 5.41) is 14.3. The first-order valence-electron chi connectivity index (χ1n) is 5.89. The van der Waals surface area contributed by atoms with E-state index in [1.807, 2.05) is 7.05 Å². The smallest absolute Gasteiger partial charge is 0.317 e. The highest BCUT2D eigenvalue weighted by Gasteiger charge is 2.14. The third-order valence-corrected chi connectivity index (χ3v) is 2.48. The van der Waals surface area contributed by atoms with E-state index in [1.54, 1.807) is 11.9 Å². The van der Waals surface area contributed by atoms with Crippen molar-refractivity contribution < 1.29 is 19.4 Å². The Bertz CT molecular complexity index is 261. The van der Waals surface area contributed by atoms with Crippen molar-refractivity contribution in [2.75, 3.05) is 40.8 Å². The molecular formula is C11H23N3O4. The fourth-order valence-corrected chi connectivity index (χ4v) is 1.36. The Morgan fingerprint density at radius 1 is 1.44 bits per heavy atom. The van der Waals surface area contributed by atoms with E-state index < -0.39 is 12.1 Å². The number of nitrogens with one attached hydrogen (secondary N) is 2. The van der Waals surface area contributed by atoms with Crippen LogP contribution in [0.4, 0.5) is 4.79 Å². The van der Waals surface area contributed by atoms with Crippen LogP contribution in [-0.2, 0) is 9.53 Å². The molecule has 0 aliphatic heterocycles. The van der Waals surface area contributed by atoms with Gasteiger partial charge in [-0.15, -0.1) is 0 Å². The number of urea groups is 1. The lowest BCUT2D eigenvalue weighted by Crippen LogP contribution is -2.42. The number of carbonyl (C=O) groups excluding carboxylic acids is 1. The van der Waals surface area contributed by atoms with Crippen LogP contribution in [0.2, 0.25) is 0 Å². The standard InChI is InChI=1S/C11H23N3O4/c1-12-5-4-6-14(2)11(17)13-8-9(18-3)7-10(15)16/h9,12H,4-8H2,1-3H3,(H,13,17)(H,15,16). The molecule has 0 aromatic heterocycles. The second-order valence-corrected chi connectivity index (χ2v) is 4.02. The maximum atomic E-state index is 11.6. The van der Waals surface area contributed by atoms with Crippen molar-refractivity contribution in [3.8, 4) is 0 Å². The summed E-state index contributed by atoms with van der Waals surface area (Å²) in [5.41, 5.74) is 0. The summed E-state index contributed by atoms with van der Waals surface area (Å²) < 4.78 is 4.97. The van der Waals surface area contributed by atoms with Crippen molar-refractivity contribution in [2.24, 2.45) is 0 Å². The van der Waals surface area contributed by atoms with Crippen molar-refractivity contribution in [1.29, 1.82) is 0 Å². The molecule has 1 unspecified atom stereocenters. The van der Waals surface area contributed by atoms with Gasteiger partial charge in [0.05, 0.1) is 12.5 Å². The molecule has 106 valence electrons. The Labute approximate surface area is 107 Å². The molecule has 0 aliphatic carbocycles. The van der Waals surface area contributed by atoms with Gasteiger partial charge >= 0.3 is 12.0 Å². The SMILES string of the molecule is CNCCCN(C)C(=O)NCC(CC(=O)O)OC. The first-order chi connectivity index (χ1) is 8.51. The zero-order chi connectivity index (χ0) is 14.0. The number of nitrogens with zero attached hydrogens (tertiary/aromatic N) is 1. The van der Waals surface area contributed by atoms with Crippen LogP contribution in [0.15, 0.2) is 0 Å². The Morgan fingerprint density at radius 2 is 2.11 bits per heavy atom. The predicted octanol–water partition coefficient (Wildman–Crippen LogP) is -0.273. The highest BCUT2D eigenvalue weighted by molar-refractivity contribution is 5.74. The Hall–Kier alpha value is -1.34. The molecule has 0 aromatic carbocycles. The molecule has 1 atom stereocenters. The molecule has 7 nitrogen and oxygen atoms in total. The van der Waals surface area contributed by atoms with Gasteiger partial charge in [0.2, 0.25) is 0 Å². The summed E-state index contributed by atoms with van der Waals surface area (Å²) >= 11 is 0. The summed E-state index contributed by atoms with van der Waals surface area (Å²) in [6, 6.07) is -0.224. The molecule has 7 heteroatoms. The Balaban J connectivity index is 3.88. The van der Waals surface area contributed by atoms with E-state index in [0.717, 1.165) is 13.0 Å². The number of carboxylic acid groups (broad SMARTS) is 1. The highest BCUT2D eigenvalue weighted by Crippen LogP contribution is 1.96. The van der Waals surface area contributed by atoms with E-state index in [2.05, 4.69) is 10.6 Å². The molecule has 0 heterocycles. The molecule has 3 N–H and O–H groups in total. The first kappa shape index (κ1) is 16.7. The normalized spacial score (nSPS) is 11.9. The molecule has 0 radical (unpaired) electrons. The van der Waals surface area contributed by atoms with E-state index >= 15 is 0 Å². The van der Waals surface area contributed by atoms with Gasteiger partial charge in [0.15, 0.2) is 0 Å². The molecule has 2 amide bonds. The van der Waals surface area contributed by atoms with Crippen LogP contribution < -0.4 is 10.6 Å². The number of methoxy groups -OCH3 is 1. The molecule has 0 spiro atoms. The van der Waals surface area contributed by atoms with Crippen LogP contribution >= 0.6 is 0 Å². The summed E-state index contributed by atoms with van der Waals surface area (Å²) in [4.78, 5) is 23.7. The molecule has 0 rings (SSSR count). The average molecular weight is 261 g/mol. The van der Waals surface area contributed by atoms with Gasteiger partial charge in [-0.1, -0.05) is 0 Å². The molecule has 0 aromatic rings. The number of carbonyl (C=O) groups is 2. The highest BCUT2D eigenvalue weighted by atomic mass is 16.5. The first-order valence-corrected chi connectivity index (χ1v) is 5.89. The van der Waals surface area contributed by atoms with Gasteiger partial charge in [-0.25, -0.2) is 4.79 Å². The van der Waals surface area contributed by atoms with Crippen molar-refractivity contribution >= 4 is 12.0 Å². The molecule has 18 heavy (non-hydrogen) atoms. The second-order valence-electron chi connectivity index (χ2n) is 4.02. The van der Waals surface area contributed by atoms with Crippen LogP contribution in [0.1, 0.15) is 12.8 Å². The maximum absolute atomic E-state index is 11.6. The number of hydrogen-bond donors (Lipinski definition) is 3. The number of ether oxygens (including phenoxy) is 1. The van der Waals surface area contributed by atoms with Gasteiger partial charge < -0.3 is 25.4 Å². The van der Waals surface area contributed by atoms with Crippen LogP contribution in [-0.4, -0.2) is 69.0 Å². The van der Waals surface area contributed by atoms with Gasteiger partial charge in [-0.05, 0) is 20.0 Å².